The summed E-state index contributed by atoms with van der Waals surface area (Å²) in [4.78, 5) is 13.5. The lowest BCUT2D eigenvalue weighted by atomic mass is 9.74. The van der Waals surface area contributed by atoms with E-state index in [4.69, 9.17) is 14.0 Å². The van der Waals surface area contributed by atoms with Gasteiger partial charge in [0, 0.05) is 13.1 Å². The van der Waals surface area contributed by atoms with Gasteiger partial charge in [0.2, 0.25) is 0 Å². The maximum absolute atomic E-state index is 14.3. The molecule has 0 radical (unpaired) electrons. The highest BCUT2D eigenvalue weighted by Crippen LogP contribution is 2.48. The predicted molar refractivity (Wildman–Crippen MR) is 112 cm³/mol. The Kier molecular flexibility index (Phi) is 5.71. The lowest BCUT2D eigenvalue weighted by molar-refractivity contribution is -0.186. The van der Waals surface area contributed by atoms with E-state index >= 15 is 0 Å². The molecule has 2 aliphatic rings. The van der Waals surface area contributed by atoms with Gasteiger partial charge in [0.1, 0.15) is 11.0 Å². The Morgan fingerprint density at radius 2 is 1.55 bits per heavy atom. The fraction of sp³-hybridized carbons (Fsp3) is 0.682. The Balaban J connectivity index is 1.84. The molecule has 2 saturated heterocycles. The third kappa shape index (κ3) is 4.44. The van der Waals surface area contributed by atoms with E-state index in [1.807, 2.05) is 27.7 Å². The Hall–Kier alpha value is -1.74. The molecule has 1 unspecified atom stereocenters. The molecular formula is C22H31BF3NO4. The second-order valence-electron chi connectivity index (χ2n) is 10.4. The van der Waals surface area contributed by atoms with Crippen molar-refractivity contribution < 1.29 is 32.0 Å². The molecule has 0 bridgehead atoms. The first kappa shape index (κ1) is 23.9. The zero-order valence-electron chi connectivity index (χ0n) is 19.2. The van der Waals surface area contributed by atoms with Crippen LogP contribution in [0.1, 0.15) is 60.5 Å². The predicted octanol–water partition coefficient (Wildman–Crippen LogP) is 4.43. The summed E-state index contributed by atoms with van der Waals surface area (Å²) in [6, 6.07) is 6.15. The van der Waals surface area contributed by atoms with E-state index < -0.39 is 48.2 Å². The number of hydrogen-bond acceptors (Lipinski definition) is 4. The summed E-state index contributed by atoms with van der Waals surface area (Å²) in [5.41, 5.74) is -3.22. The number of carbonyl (C=O) groups excluding carboxylic acids is 1. The third-order valence-electron chi connectivity index (χ3n) is 6.45. The molecule has 2 aliphatic heterocycles. The quantitative estimate of drug-likeness (QED) is 0.638. The molecule has 1 amide bonds. The highest BCUT2D eigenvalue weighted by atomic mass is 19.4. The van der Waals surface area contributed by atoms with Crippen molar-refractivity contribution in [3.05, 3.63) is 29.8 Å². The number of rotatable bonds is 2. The molecule has 1 aromatic carbocycles. The topological polar surface area (TPSA) is 48.0 Å². The van der Waals surface area contributed by atoms with E-state index in [1.165, 1.54) is 12.1 Å². The number of hydrogen-bond donors (Lipinski definition) is 0. The lowest BCUT2D eigenvalue weighted by Crippen LogP contribution is -2.46. The van der Waals surface area contributed by atoms with Crippen molar-refractivity contribution in [2.45, 2.75) is 83.3 Å². The van der Waals surface area contributed by atoms with Crippen LogP contribution in [0.15, 0.2) is 24.3 Å². The molecule has 31 heavy (non-hydrogen) atoms. The number of alkyl halides is 3. The molecule has 0 aromatic heterocycles. The van der Waals surface area contributed by atoms with E-state index in [-0.39, 0.29) is 18.5 Å². The fourth-order valence-electron chi connectivity index (χ4n) is 3.86. The SMILES string of the molecule is CC(C)(C)OC(=O)N1CCC(c2ccc(B3OC(C)(C)C(C)(C)O3)cc2)(C(F)(F)F)C1. The Bertz CT molecular complexity index is 817. The van der Waals surface area contributed by atoms with Crippen LogP contribution >= 0.6 is 0 Å². The van der Waals surface area contributed by atoms with Gasteiger partial charge in [0.25, 0.3) is 0 Å². The van der Waals surface area contributed by atoms with Crippen LogP contribution in [-0.4, -0.2) is 54.2 Å². The first-order valence-electron chi connectivity index (χ1n) is 10.5. The molecule has 0 N–H and O–H groups in total. The van der Waals surface area contributed by atoms with Gasteiger partial charge in [-0.25, -0.2) is 4.79 Å². The van der Waals surface area contributed by atoms with Crippen LogP contribution in [0, 0.1) is 0 Å². The van der Waals surface area contributed by atoms with Crippen molar-refractivity contribution >= 4 is 18.7 Å². The van der Waals surface area contributed by atoms with Crippen LogP contribution in [0.2, 0.25) is 0 Å². The number of benzene rings is 1. The number of carbonyl (C=O) groups is 1. The van der Waals surface area contributed by atoms with Crippen LogP contribution in [0.5, 0.6) is 0 Å². The monoisotopic (exact) mass is 441 g/mol. The minimum absolute atomic E-state index is 0.0204. The van der Waals surface area contributed by atoms with Gasteiger partial charge in [0.15, 0.2) is 0 Å². The number of likely N-dealkylation sites (tertiary alicyclic amines) is 1. The van der Waals surface area contributed by atoms with Gasteiger partial charge in [-0.1, -0.05) is 24.3 Å². The van der Waals surface area contributed by atoms with Crippen molar-refractivity contribution in [2.24, 2.45) is 0 Å². The van der Waals surface area contributed by atoms with Crippen molar-refractivity contribution in [1.29, 1.82) is 0 Å². The summed E-state index contributed by atoms with van der Waals surface area (Å²) in [5.74, 6) is 0. The van der Waals surface area contributed by atoms with Gasteiger partial charge in [0.05, 0.1) is 11.2 Å². The van der Waals surface area contributed by atoms with E-state index in [0.29, 0.717) is 5.46 Å². The zero-order chi connectivity index (χ0) is 23.5. The first-order valence-corrected chi connectivity index (χ1v) is 10.5. The van der Waals surface area contributed by atoms with Crippen LogP contribution in [0.3, 0.4) is 0 Å². The summed E-state index contributed by atoms with van der Waals surface area (Å²) in [5, 5.41) is 0. The van der Waals surface area contributed by atoms with Gasteiger partial charge in [-0.05, 0) is 65.9 Å². The van der Waals surface area contributed by atoms with Crippen molar-refractivity contribution in [3.63, 3.8) is 0 Å². The van der Waals surface area contributed by atoms with E-state index in [2.05, 4.69) is 0 Å². The fourth-order valence-corrected chi connectivity index (χ4v) is 3.86. The molecule has 2 heterocycles. The highest BCUT2D eigenvalue weighted by Gasteiger charge is 2.60. The van der Waals surface area contributed by atoms with Gasteiger partial charge < -0.3 is 18.9 Å². The highest BCUT2D eigenvalue weighted by molar-refractivity contribution is 6.62. The minimum Gasteiger partial charge on any atom is -0.444 e. The Labute approximate surface area is 182 Å². The summed E-state index contributed by atoms with van der Waals surface area (Å²) >= 11 is 0. The van der Waals surface area contributed by atoms with Gasteiger partial charge in [-0.3, -0.25) is 0 Å². The van der Waals surface area contributed by atoms with Gasteiger partial charge >= 0.3 is 19.4 Å². The Morgan fingerprint density at radius 3 is 2.00 bits per heavy atom. The van der Waals surface area contributed by atoms with E-state index in [1.54, 1.807) is 32.9 Å². The largest absolute Gasteiger partial charge is 0.494 e. The smallest absolute Gasteiger partial charge is 0.444 e. The maximum Gasteiger partial charge on any atom is 0.494 e. The molecule has 0 spiro atoms. The van der Waals surface area contributed by atoms with Crippen LogP contribution < -0.4 is 5.46 Å². The summed E-state index contributed by atoms with van der Waals surface area (Å²) < 4.78 is 60.0. The molecule has 0 aliphatic carbocycles. The molecule has 172 valence electrons. The number of ether oxygens (including phenoxy) is 1. The van der Waals surface area contributed by atoms with Gasteiger partial charge in [-0.15, -0.1) is 0 Å². The maximum atomic E-state index is 14.3. The van der Waals surface area contributed by atoms with Crippen molar-refractivity contribution in [1.82, 2.24) is 4.90 Å². The van der Waals surface area contributed by atoms with E-state index in [9.17, 15) is 18.0 Å². The standard InChI is InChI=1S/C22H31BF3NO4/c1-18(2,3)29-17(28)27-13-12-21(14-27,22(24,25)26)15-8-10-16(11-9-15)23-30-19(4,5)20(6,7)31-23/h8-11H,12-14H2,1-7H3. The van der Waals surface area contributed by atoms with Crippen molar-refractivity contribution in [3.8, 4) is 0 Å². The summed E-state index contributed by atoms with van der Waals surface area (Å²) in [6.07, 6.45) is -5.46. The molecule has 9 heteroatoms. The average molecular weight is 441 g/mol. The molecule has 2 fully saturated rings. The average Bonchev–Trinajstić information content (AvgIpc) is 3.14. The van der Waals surface area contributed by atoms with Crippen LogP contribution in [-0.2, 0) is 19.5 Å². The molecule has 3 rings (SSSR count). The van der Waals surface area contributed by atoms with E-state index in [0.717, 1.165) is 4.90 Å². The second-order valence-corrected chi connectivity index (χ2v) is 10.4. The number of amides is 1. The molecule has 1 atom stereocenters. The normalized spacial score (nSPS) is 25.7. The Morgan fingerprint density at radius 1 is 1.03 bits per heavy atom. The van der Waals surface area contributed by atoms with Crippen LogP contribution in [0.4, 0.5) is 18.0 Å². The molecule has 5 nitrogen and oxygen atoms in total. The van der Waals surface area contributed by atoms with Gasteiger partial charge in [-0.2, -0.15) is 13.2 Å². The van der Waals surface area contributed by atoms with Crippen molar-refractivity contribution in [2.75, 3.05) is 13.1 Å². The first-order chi connectivity index (χ1) is 14.0. The number of nitrogens with zero attached hydrogens (tertiary/aromatic N) is 1. The molecule has 1 aromatic rings. The van der Waals surface area contributed by atoms with Crippen LogP contribution in [0.25, 0.3) is 0 Å². The summed E-state index contributed by atoms with van der Waals surface area (Å²) in [6.45, 7) is 12.3. The zero-order valence-corrected chi connectivity index (χ0v) is 19.2. The second kappa shape index (κ2) is 7.41. The third-order valence-corrected chi connectivity index (χ3v) is 6.45. The number of halogens is 3. The minimum atomic E-state index is -4.52. The lowest BCUT2D eigenvalue weighted by Gasteiger charge is -2.33. The molecular weight excluding hydrogens is 410 g/mol. The molecule has 0 saturated carbocycles. The summed E-state index contributed by atoms with van der Waals surface area (Å²) in [7, 11) is -0.650.